The molecule has 8 heteroatoms. The fraction of sp³-hybridized carbons (Fsp3) is 0.462. The molecule has 0 aliphatic carbocycles. The van der Waals surface area contributed by atoms with E-state index in [1.807, 2.05) is 0 Å². The van der Waals surface area contributed by atoms with Crippen LogP contribution in [0.1, 0.15) is 24.0 Å². The van der Waals surface area contributed by atoms with Gasteiger partial charge in [0.1, 0.15) is 5.82 Å². The molecule has 0 atom stereocenters. The maximum atomic E-state index is 13.4. The number of benzene rings is 1. The summed E-state index contributed by atoms with van der Waals surface area (Å²) < 4.78 is 51.4. The molecule has 1 aliphatic rings. The van der Waals surface area contributed by atoms with E-state index in [1.54, 1.807) is 0 Å². The molecule has 21 heavy (non-hydrogen) atoms. The van der Waals surface area contributed by atoms with Gasteiger partial charge in [-0.3, -0.25) is 0 Å². The van der Waals surface area contributed by atoms with Gasteiger partial charge in [0.15, 0.2) is 0 Å². The monoisotopic (exact) mass is 307 g/mol. The number of hydrogen-bond donors (Lipinski definition) is 2. The van der Waals surface area contributed by atoms with Crippen LogP contribution in [0.25, 0.3) is 0 Å². The second kappa shape index (κ2) is 5.18. The predicted octanol–water partition coefficient (Wildman–Crippen LogP) is 2.81. The van der Waals surface area contributed by atoms with E-state index in [4.69, 9.17) is 5.11 Å². The third-order valence-electron chi connectivity index (χ3n) is 3.62. The van der Waals surface area contributed by atoms with Crippen molar-refractivity contribution in [2.75, 3.05) is 13.1 Å². The largest absolute Gasteiger partial charge is 0.465 e. The van der Waals surface area contributed by atoms with E-state index in [1.165, 1.54) is 0 Å². The fourth-order valence-electron chi connectivity index (χ4n) is 2.38. The lowest BCUT2D eigenvalue weighted by molar-refractivity contribution is -0.138. The van der Waals surface area contributed by atoms with Gasteiger partial charge < -0.3 is 15.1 Å². The van der Waals surface area contributed by atoms with Gasteiger partial charge in [-0.15, -0.1) is 0 Å². The van der Waals surface area contributed by atoms with Crippen LogP contribution in [-0.4, -0.2) is 34.3 Å². The molecule has 1 heterocycles. The van der Waals surface area contributed by atoms with Crippen molar-refractivity contribution in [2.24, 2.45) is 0 Å². The molecule has 1 aromatic carbocycles. The van der Waals surface area contributed by atoms with E-state index in [0.717, 1.165) is 11.0 Å². The standard InChI is InChI=1S/C13H13F4NO3/c14-10-6-8(5-9(7-10)13(15,16)17)12(21)1-3-18(4-2-12)11(19)20/h5-7,21H,1-4H2,(H,19,20). The zero-order valence-corrected chi connectivity index (χ0v) is 10.8. The molecular formula is C13H13F4NO3. The van der Waals surface area contributed by atoms with Crippen molar-refractivity contribution in [3.05, 3.63) is 35.1 Å². The van der Waals surface area contributed by atoms with E-state index in [2.05, 4.69) is 0 Å². The van der Waals surface area contributed by atoms with E-state index in [9.17, 15) is 27.5 Å². The molecule has 2 rings (SSSR count). The van der Waals surface area contributed by atoms with E-state index >= 15 is 0 Å². The number of halogens is 4. The minimum absolute atomic E-state index is 0.0241. The third kappa shape index (κ3) is 3.26. The molecule has 0 saturated carbocycles. The second-order valence-electron chi connectivity index (χ2n) is 5.03. The lowest BCUT2D eigenvalue weighted by Crippen LogP contribution is -2.44. The van der Waals surface area contributed by atoms with Crippen LogP contribution in [0.4, 0.5) is 22.4 Å². The molecule has 0 unspecified atom stereocenters. The molecule has 1 amide bonds. The van der Waals surface area contributed by atoms with Crippen molar-refractivity contribution in [1.29, 1.82) is 0 Å². The molecule has 0 spiro atoms. The fourth-order valence-corrected chi connectivity index (χ4v) is 2.38. The average Bonchev–Trinajstić information content (AvgIpc) is 2.37. The Morgan fingerprint density at radius 1 is 1.19 bits per heavy atom. The molecule has 0 bridgehead atoms. The number of piperidine rings is 1. The first-order valence-electron chi connectivity index (χ1n) is 6.20. The van der Waals surface area contributed by atoms with Crippen molar-refractivity contribution in [3.63, 3.8) is 0 Å². The van der Waals surface area contributed by atoms with Crippen molar-refractivity contribution >= 4 is 6.09 Å². The van der Waals surface area contributed by atoms with Crippen molar-refractivity contribution in [1.82, 2.24) is 4.90 Å². The molecular weight excluding hydrogens is 294 g/mol. The van der Waals surface area contributed by atoms with E-state index in [-0.39, 0.29) is 31.5 Å². The second-order valence-corrected chi connectivity index (χ2v) is 5.03. The number of hydrogen-bond acceptors (Lipinski definition) is 2. The van der Waals surface area contributed by atoms with Gasteiger partial charge in [-0.05, 0) is 36.6 Å². The number of likely N-dealkylation sites (tertiary alicyclic amines) is 1. The summed E-state index contributed by atoms with van der Waals surface area (Å²) in [6, 6.07) is 1.92. The third-order valence-corrected chi connectivity index (χ3v) is 3.62. The predicted molar refractivity (Wildman–Crippen MR) is 64.1 cm³/mol. The maximum Gasteiger partial charge on any atom is 0.416 e. The normalized spacial score (nSPS) is 18.6. The number of carboxylic acid groups (broad SMARTS) is 1. The van der Waals surface area contributed by atoms with Crippen LogP contribution in [0, 0.1) is 5.82 Å². The molecule has 0 aromatic heterocycles. The minimum atomic E-state index is -4.71. The maximum absolute atomic E-state index is 13.4. The van der Waals surface area contributed by atoms with E-state index in [0.29, 0.717) is 12.1 Å². The zero-order chi connectivity index (χ0) is 15.8. The van der Waals surface area contributed by atoms with Crippen LogP contribution in [-0.2, 0) is 11.8 Å². The summed E-state index contributed by atoms with van der Waals surface area (Å²) in [5, 5.41) is 19.2. The van der Waals surface area contributed by atoms with Crippen molar-refractivity contribution < 1.29 is 32.6 Å². The van der Waals surface area contributed by atoms with Gasteiger partial charge >= 0.3 is 12.3 Å². The first-order chi connectivity index (χ1) is 9.62. The summed E-state index contributed by atoms with van der Waals surface area (Å²) in [5.41, 5.74) is -3.01. The summed E-state index contributed by atoms with van der Waals surface area (Å²) in [6.45, 7) is -0.0482. The molecule has 116 valence electrons. The van der Waals surface area contributed by atoms with Gasteiger partial charge in [-0.1, -0.05) is 0 Å². The number of rotatable bonds is 1. The lowest BCUT2D eigenvalue weighted by atomic mass is 9.83. The summed E-state index contributed by atoms with van der Waals surface area (Å²) in [6.07, 6.45) is -6.04. The smallest absolute Gasteiger partial charge is 0.416 e. The van der Waals surface area contributed by atoms with Gasteiger partial charge in [-0.25, -0.2) is 9.18 Å². The molecule has 0 radical (unpaired) electrons. The number of alkyl halides is 3. The Hall–Kier alpha value is -1.83. The first kappa shape index (κ1) is 15.6. The van der Waals surface area contributed by atoms with Crippen LogP contribution >= 0.6 is 0 Å². The Labute approximate surface area is 117 Å². The first-order valence-corrected chi connectivity index (χ1v) is 6.20. The Balaban J connectivity index is 2.30. The average molecular weight is 307 g/mol. The van der Waals surface area contributed by atoms with Crippen LogP contribution in [0.2, 0.25) is 0 Å². The zero-order valence-electron chi connectivity index (χ0n) is 10.8. The van der Waals surface area contributed by atoms with Crippen LogP contribution in [0.5, 0.6) is 0 Å². The Morgan fingerprint density at radius 2 is 1.76 bits per heavy atom. The number of amides is 1. The van der Waals surface area contributed by atoms with Gasteiger partial charge in [-0.2, -0.15) is 13.2 Å². The summed E-state index contributed by atoms with van der Waals surface area (Å²) in [4.78, 5) is 11.8. The summed E-state index contributed by atoms with van der Waals surface area (Å²) >= 11 is 0. The highest BCUT2D eigenvalue weighted by molar-refractivity contribution is 5.65. The SMILES string of the molecule is O=C(O)N1CCC(O)(c2cc(F)cc(C(F)(F)F)c2)CC1. The van der Waals surface area contributed by atoms with Gasteiger partial charge in [0.05, 0.1) is 11.2 Å². The number of nitrogens with zero attached hydrogens (tertiary/aromatic N) is 1. The number of aliphatic hydroxyl groups is 1. The Bertz CT molecular complexity index is 551. The van der Waals surface area contributed by atoms with Gasteiger partial charge in [0.2, 0.25) is 0 Å². The Kier molecular flexibility index (Phi) is 3.83. The molecule has 4 nitrogen and oxygen atoms in total. The molecule has 1 fully saturated rings. The number of carbonyl (C=O) groups is 1. The summed E-state index contributed by atoms with van der Waals surface area (Å²) in [5.74, 6) is -1.09. The van der Waals surface area contributed by atoms with E-state index < -0.39 is 29.3 Å². The highest BCUT2D eigenvalue weighted by atomic mass is 19.4. The van der Waals surface area contributed by atoms with Crippen LogP contribution < -0.4 is 0 Å². The van der Waals surface area contributed by atoms with Gasteiger partial charge in [0, 0.05) is 13.1 Å². The van der Waals surface area contributed by atoms with Crippen molar-refractivity contribution in [3.8, 4) is 0 Å². The van der Waals surface area contributed by atoms with Crippen molar-refractivity contribution in [2.45, 2.75) is 24.6 Å². The lowest BCUT2D eigenvalue weighted by Gasteiger charge is -2.37. The van der Waals surface area contributed by atoms with Gasteiger partial charge in [0.25, 0.3) is 0 Å². The van der Waals surface area contributed by atoms with Crippen LogP contribution in [0.15, 0.2) is 18.2 Å². The highest BCUT2D eigenvalue weighted by Crippen LogP contribution is 2.37. The topological polar surface area (TPSA) is 60.8 Å². The Morgan fingerprint density at radius 3 is 2.24 bits per heavy atom. The molecule has 1 aromatic rings. The summed E-state index contributed by atoms with van der Waals surface area (Å²) in [7, 11) is 0. The quantitative estimate of drug-likeness (QED) is 0.784. The minimum Gasteiger partial charge on any atom is -0.465 e. The van der Waals surface area contributed by atoms with Crippen LogP contribution in [0.3, 0.4) is 0 Å². The molecule has 2 N–H and O–H groups in total. The molecule has 1 aliphatic heterocycles. The molecule has 1 saturated heterocycles. The highest BCUT2D eigenvalue weighted by Gasteiger charge is 2.38.